The number of halogens is 1. The molecule has 0 radical (unpaired) electrons. The molecule has 1 aromatic rings. The summed E-state index contributed by atoms with van der Waals surface area (Å²) in [7, 11) is 0. The van der Waals surface area contributed by atoms with Crippen molar-refractivity contribution in [3.05, 3.63) is 34.3 Å². The van der Waals surface area contributed by atoms with Crippen LogP contribution in [0.25, 0.3) is 0 Å². The van der Waals surface area contributed by atoms with Gasteiger partial charge in [-0.2, -0.15) is 4.99 Å². The molecule has 0 aromatic heterocycles. The van der Waals surface area contributed by atoms with E-state index in [-0.39, 0.29) is 5.96 Å². The van der Waals surface area contributed by atoms with Gasteiger partial charge in [0.1, 0.15) is 0 Å². The first-order valence-electron chi connectivity index (χ1n) is 3.49. The first-order chi connectivity index (χ1) is 6.09. The fourth-order valence-corrected chi connectivity index (χ4v) is 1.04. The predicted octanol–water partition coefficient (Wildman–Crippen LogP) is 0.863. The Morgan fingerprint density at radius 2 is 1.77 bits per heavy atom. The van der Waals surface area contributed by atoms with E-state index in [1.54, 1.807) is 24.3 Å². The van der Waals surface area contributed by atoms with Crippen molar-refractivity contribution in [2.24, 2.45) is 16.5 Å². The number of rotatable bonds is 1. The molecule has 0 atom stereocenters. The third-order valence-corrected chi connectivity index (χ3v) is 1.85. The van der Waals surface area contributed by atoms with Crippen molar-refractivity contribution >= 4 is 27.8 Å². The molecule has 0 unspecified atom stereocenters. The summed E-state index contributed by atoms with van der Waals surface area (Å²) in [5.74, 6) is -0.666. The second-order valence-corrected chi connectivity index (χ2v) is 3.26. The third kappa shape index (κ3) is 2.87. The van der Waals surface area contributed by atoms with Crippen LogP contribution in [-0.4, -0.2) is 11.9 Å². The van der Waals surface area contributed by atoms with E-state index >= 15 is 0 Å². The van der Waals surface area contributed by atoms with Crippen LogP contribution in [0.1, 0.15) is 10.4 Å². The van der Waals surface area contributed by atoms with E-state index in [4.69, 9.17) is 11.5 Å². The molecule has 1 aromatic carbocycles. The molecule has 0 saturated heterocycles. The molecule has 0 aliphatic rings. The van der Waals surface area contributed by atoms with Crippen LogP contribution in [0.4, 0.5) is 0 Å². The van der Waals surface area contributed by atoms with Crippen molar-refractivity contribution in [1.82, 2.24) is 0 Å². The maximum Gasteiger partial charge on any atom is 0.280 e. The molecule has 0 saturated carbocycles. The van der Waals surface area contributed by atoms with Crippen molar-refractivity contribution in [3.63, 3.8) is 0 Å². The van der Waals surface area contributed by atoms with Crippen LogP contribution in [0.5, 0.6) is 0 Å². The SMILES string of the molecule is NC(N)=NC(=O)c1ccc(Br)cc1. The lowest BCUT2D eigenvalue weighted by molar-refractivity contribution is 0.100. The highest BCUT2D eigenvalue weighted by atomic mass is 79.9. The highest BCUT2D eigenvalue weighted by molar-refractivity contribution is 9.10. The standard InChI is InChI=1S/C8H8BrN3O/c9-6-3-1-5(2-4-6)7(13)12-8(10)11/h1-4H,(H4,10,11,12,13). The topological polar surface area (TPSA) is 81.5 Å². The van der Waals surface area contributed by atoms with Crippen molar-refractivity contribution in [2.45, 2.75) is 0 Å². The normalized spacial score (nSPS) is 9.31. The van der Waals surface area contributed by atoms with Gasteiger partial charge >= 0.3 is 0 Å². The van der Waals surface area contributed by atoms with Crippen LogP contribution in [-0.2, 0) is 0 Å². The maximum atomic E-state index is 11.2. The Kier molecular flexibility index (Phi) is 3.02. The van der Waals surface area contributed by atoms with Gasteiger partial charge in [-0.3, -0.25) is 4.79 Å². The highest BCUT2D eigenvalue weighted by Crippen LogP contribution is 2.10. The Morgan fingerprint density at radius 3 is 2.23 bits per heavy atom. The van der Waals surface area contributed by atoms with E-state index in [2.05, 4.69) is 20.9 Å². The summed E-state index contributed by atoms with van der Waals surface area (Å²) in [5.41, 5.74) is 10.6. The molecule has 13 heavy (non-hydrogen) atoms. The van der Waals surface area contributed by atoms with Crippen molar-refractivity contribution in [1.29, 1.82) is 0 Å². The number of hydrogen-bond donors (Lipinski definition) is 2. The molecule has 68 valence electrons. The molecule has 4 N–H and O–H groups in total. The molecule has 0 fully saturated rings. The Hall–Kier alpha value is -1.36. The van der Waals surface area contributed by atoms with E-state index in [1.165, 1.54) is 0 Å². The summed E-state index contributed by atoms with van der Waals surface area (Å²) in [6.45, 7) is 0. The third-order valence-electron chi connectivity index (χ3n) is 1.32. The molecule has 1 amide bonds. The number of hydrogen-bond acceptors (Lipinski definition) is 1. The second-order valence-electron chi connectivity index (χ2n) is 2.35. The van der Waals surface area contributed by atoms with Crippen LogP contribution in [0.2, 0.25) is 0 Å². The van der Waals surface area contributed by atoms with E-state index in [0.717, 1.165) is 4.47 Å². The number of aliphatic imine (C=N–C) groups is 1. The molecule has 0 spiro atoms. The minimum Gasteiger partial charge on any atom is -0.370 e. The Balaban J connectivity index is 2.90. The molecule has 1 rings (SSSR count). The first-order valence-corrected chi connectivity index (χ1v) is 4.28. The Bertz CT molecular complexity index is 341. The predicted molar refractivity (Wildman–Crippen MR) is 54.3 cm³/mol. The van der Waals surface area contributed by atoms with Gasteiger partial charge in [-0.15, -0.1) is 0 Å². The van der Waals surface area contributed by atoms with Crippen LogP contribution in [0, 0.1) is 0 Å². The lowest BCUT2D eigenvalue weighted by Crippen LogP contribution is -2.24. The van der Waals surface area contributed by atoms with Gasteiger partial charge in [0.15, 0.2) is 5.96 Å². The monoisotopic (exact) mass is 241 g/mol. The van der Waals surface area contributed by atoms with Crippen LogP contribution in [0.15, 0.2) is 33.7 Å². The van der Waals surface area contributed by atoms with Crippen LogP contribution in [0.3, 0.4) is 0 Å². The van der Waals surface area contributed by atoms with Crippen molar-refractivity contribution in [2.75, 3.05) is 0 Å². The number of benzene rings is 1. The zero-order valence-electron chi connectivity index (χ0n) is 6.70. The zero-order valence-corrected chi connectivity index (χ0v) is 8.28. The molecule has 0 bridgehead atoms. The molecule has 4 nitrogen and oxygen atoms in total. The Labute approximate surface area is 83.8 Å². The van der Waals surface area contributed by atoms with E-state index in [9.17, 15) is 4.79 Å². The van der Waals surface area contributed by atoms with Crippen LogP contribution >= 0.6 is 15.9 Å². The average molecular weight is 242 g/mol. The number of guanidine groups is 1. The van der Waals surface area contributed by atoms with E-state index in [0.29, 0.717) is 5.56 Å². The highest BCUT2D eigenvalue weighted by Gasteiger charge is 2.02. The summed E-state index contributed by atoms with van der Waals surface area (Å²) in [5, 5.41) is 0. The summed E-state index contributed by atoms with van der Waals surface area (Å²) < 4.78 is 0.897. The van der Waals surface area contributed by atoms with Gasteiger partial charge in [0.2, 0.25) is 0 Å². The summed E-state index contributed by atoms with van der Waals surface area (Å²) in [6.07, 6.45) is 0. The number of amides is 1. The van der Waals surface area contributed by atoms with Gasteiger partial charge < -0.3 is 11.5 Å². The van der Waals surface area contributed by atoms with Gasteiger partial charge in [-0.05, 0) is 24.3 Å². The largest absolute Gasteiger partial charge is 0.370 e. The Morgan fingerprint density at radius 1 is 1.23 bits per heavy atom. The lowest BCUT2D eigenvalue weighted by Gasteiger charge is -1.95. The number of nitrogens with zero attached hydrogens (tertiary/aromatic N) is 1. The van der Waals surface area contributed by atoms with Gasteiger partial charge in [0.25, 0.3) is 5.91 Å². The summed E-state index contributed by atoms with van der Waals surface area (Å²) in [6, 6.07) is 6.77. The quantitative estimate of drug-likeness (QED) is 0.566. The fraction of sp³-hybridized carbons (Fsp3) is 0. The minimum absolute atomic E-state index is 0.229. The zero-order chi connectivity index (χ0) is 9.84. The summed E-state index contributed by atoms with van der Waals surface area (Å²) in [4.78, 5) is 14.6. The summed E-state index contributed by atoms with van der Waals surface area (Å²) >= 11 is 3.25. The number of carbonyl (C=O) groups is 1. The van der Waals surface area contributed by atoms with E-state index in [1.807, 2.05) is 0 Å². The molecule has 0 aliphatic carbocycles. The first kappa shape index (κ1) is 9.73. The molecule has 5 heteroatoms. The van der Waals surface area contributed by atoms with Crippen molar-refractivity contribution in [3.8, 4) is 0 Å². The minimum atomic E-state index is -0.438. The van der Waals surface area contributed by atoms with Gasteiger partial charge in [0.05, 0.1) is 0 Å². The van der Waals surface area contributed by atoms with Gasteiger partial charge in [-0.1, -0.05) is 15.9 Å². The molecular formula is C8H8BrN3O. The smallest absolute Gasteiger partial charge is 0.280 e. The second kappa shape index (κ2) is 4.04. The number of carbonyl (C=O) groups excluding carboxylic acids is 1. The fourth-order valence-electron chi connectivity index (χ4n) is 0.774. The van der Waals surface area contributed by atoms with Gasteiger partial charge in [0, 0.05) is 10.0 Å². The van der Waals surface area contributed by atoms with Gasteiger partial charge in [-0.25, -0.2) is 0 Å². The van der Waals surface area contributed by atoms with E-state index < -0.39 is 5.91 Å². The van der Waals surface area contributed by atoms with Crippen molar-refractivity contribution < 1.29 is 4.79 Å². The molecular weight excluding hydrogens is 234 g/mol. The maximum absolute atomic E-state index is 11.2. The average Bonchev–Trinajstić information content (AvgIpc) is 2.04. The molecule has 0 heterocycles. The van der Waals surface area contributed by atoms with Crippen LogP contribution < -0.4 is 11.5 Å². The molecule has 0 aliphatic heterocycles. The lowest BCUT2D eigenvalue weighted by atomic mass is 10.2. The number of nitrogens with two attached hydrogens (primary N) is 2.